The molecule has 0 saturated heterocycles. The largest absolute Gasteiger partial charge is 0.493 e. The van der Waals surface area contributed by atoms with Gasteiger partial charge in [0, 0.05) is 17.0 Å². The van der Waals surface area contributed by atoms with Crippen molar-refractivity contribution in [1.29, 1.82) is 0 Å². The summed E-state index contributed by atoms with van der Waals surface area (Å²) < 4.78 is 27.0. The Labute approximate surface area is 182 Å². The Morgan fingerprint density at radius 1 is 1.00 bits per heavy atom. The average Bonchev–Trinajstić information content (AvgIpc) is 3.40. The lowest BCUT2D eigenvalue weighted by atomic mass is 10.1. The van der Waals surface area contributed by atoms with Crippen molar-refractivity contribution >= 4 is 29.2 Å². The second-order valence-electron chi connectivity index (χ2n) is 6.42. The molecule has 0 bridgehead atoms. The standard InChI is InChI=1S/C23H18O7S/c1-26-19-9-13(10-20(27-2)22(19)28-3)23(25)29-14-6-7-16-17(11-14)30-18(21(16)24)12-15-5-4-8-31-15/h4-12H,1-3H3. The number of thiophene rings is 1. The zero-order chi connectivity index (χ0) is 22.0. The van der Waals surface area contributed by atoms with E-state index in [0.29, 0.717) is 28.6 Å². The van der Waals surface area contributed by atoms with Gasteiger partial charge in [-0.2, -0.15) is 0 Å². The molecule has 158 valence electrons. The van der Waals surface area contributed by atoms with E-state index in [1.807, 2.05) is 17.5 Å². The van der Waals surface area contributed by atoms with E-state index in [2.05, 4.69) is 0 Å². The van der Waals surface area contributed by atoms with Crippen molar-refractivity contribution in [3.63, 3.8) is 0 Å². The Bertz CT molecular complexity index is 1150. The highest BCUT2D eigenvalue weighted by Crippen LogP contribution is 2.39. The summed E-state index contributed by atoms with van der Waals surface area (Å²) in [5.41, 5.74) is 0.626. The maximum atomic E-state index is 12.7. The summed E-state index contributed by atoms with van der Waals surface area (Å²) in [7, 11) is 4.40. The predicted octanol–water partition coefficient (Wildman–Crippen LogP) is 4.61. The summed E-state index contributed by atoms with van der Waals surface area (Å²) in [6, 6.07) is 11.4. The highest BCUT2D eigenvalue weighted by atomic mass is 32.1. The lowest BCUT2D eigenvalue weighted by molar-refractivity contribution is 0.0733. The molecular formula is C23H18O7S. The summed E-state index contributed by atoms with van der Waals surface area (Å²) >= 11 is 1.50. The third-order valence-electron chi connectivity index (χ3n) is 4.57. The molecule has 8 heteroatoms. The minimum Gasteiger partial charge on any atom is -0.493 e. The third-order valence-corrected chi connectivity index (χ3v) is 5.39. The first-order valence-corrected chi connectivity index (χ1v) is 10.1. The smallest absolute Gasteiger partial charge is 0.343 e. The molecule has 31 heavy (non-hydrogen) atoms. The SMILES string of the molecule is COc1cc(C(=O)Oc2ccc3c(c2)OC(=Cc2cccs2)C3=O)cc(OC)c1OC. The van der Waals surface area contributed by atoms with E-state index >= 15 is 0 Å². The van der Waals surface area contributed by atoms with E-state index in [0.717, 1.165) is 4.88 Å². The van der Waals surface area contributed by atoms with Crippen molar-refractivity contribution in [1.82, 2.24) is 0 Å². The Morgan fingerprint density at radius 2 is 1.74 bits per heavy atom. The minimum absolute atomic E-state index is 0.213. The van der Waals surface area contributed by atoms with Gasteiger partial charge < -0.3 is 23.7 Å². The van der Waals surface area contributed by atoms with Crippen LogP contribution in [0.15, 0.2) is 53.6 Å². The molecule has 1 aliphatic rings. The van der Waals surface area contributed by atoms with Crippen LogP contribution in [-0.2, 0) is 0 Å². The molecule has 0 unspecified atom stereocenters. The first-order chi connectivity index (χ1) is 15.0. The van der Waals surface area contributed by atoms with Crippen LogP contribution in [0.3, 0.4) is 0 Å². The van der Waals surface area contributed by atoms with Gasteiger partial charge in [-0.25, -0.2) is 4.79 Å². The van der Waals surface area contributed by atoms with Crippen molar-refractivity contribution in [2.75, 3.05) is 21.3 Å². The fraction of sp³-hybridized carbons (Fsp3) is 0.130. The number of ether oxygens (including phenoxy) is 5. The van der Waals surface area contributed by atoms with E-state index in [4.69, 9.17) is 23.7 Å². The second-order valence-corrected chi connectivity index (χ2v) is 7.40. The Kier molecular flexibility index (Phi) is 5.64. The van der Waals surface area contributed by atoms with Crippen molar-refractivity contribution in [2.24, 2.45) is 0 Å². The van der Waals surface area contributed by atoms with Gasteiger partial charge in [0.2, 0.25) is 11.5 Å². The molecule has 0 atom stereocenters. The number of carbonyl (C=O) groups is 2. The summed E-state index contributed by atoms with van der Waals surface area (Å²) in [5, 5.41) is 1.92. The van der Waals surface area contributed by atoms with Gasteiger partial charge in [-0.1, -0.05) is 6.07 Å². The first kappa shape index (κ1) is 20.5. The molecule has 2 aromatic carbocycles. The maximum absolute atomic E-state index is 12.7. The van der Waals surface area contributed by atoms with Crippen molar-refractivity contribution < 1.29 is 33.3 Å². The average molecular weight is 438 g/mol. The molecule has 0 radical (unpaired) electrons. The fourth-order valence-corrected chi connectivity index (χ4v) is 3.74. The number of allylic oxidation sites excluding steroid dienone is 1. The lowest BCUT2D eigenvalue weighted by Gasteiger charge is -2.13. The van der Waals surface area contributed by atoms with Crippen LogP contribution in [0.25, 0.3) is 6.08 Å². The Hall–Kier alpha value is -3.78. The number of rotatable bonds is 6. The molecular weight excluding hydrogens is 420 g/mol. The van der Waals surface area contributed by atoms with Crippen LogP contribution in [0, 0.1) is 0 Å². The predicted molar refractivity (Wildman–Crippen MR) is 115 cm³/mol. The van der Waals surface area contributed by atoms with Crippen LogP contribution in [0.4, 0.5) is 0 Å². The number of ketones is 1. The van der Waals surface area contributed by atoms with E-state index in [9.17, 15) is 9.59 Å². The van der Waals surface area contributed by atoms with Gasteiger partial charge in [0.15, 0.2) is 17.3 Å². The number of hydrogen-bond acceptors (Lipinski definition) is 8. The normalized spacial score (nSPS) is 13.5. The summed E-state index contributed by atoms with van der Waals surface area (Å²) in [5.74, 6) is 0.996. The molecule has 0 saturated carbocycles. The molecule has 0 aliphatic carbocycles. The Morgan fingerprint density at radius 3 is 2.35 bits per heavy atom. The van der Waals surface area contributed by atoms with Crippen LogP contribution < -0.4 is 23.7 Å². The van der Waals surface area contributed by atoms with Crippen LogP contribution in [-0.4, -0.2) is 33.1 Å². The van der Waals surface area contributed by atoms with Gasteiger partial charge in [-0.3, -0.25) is 4.79 Å². The van der Waals surface area contributed by atoms with E-state index in [-0.39, 0.29) is 22.9 Å². The van der Waals surface area contributed by atoms with Crippen molar-refractivity contribution in [3.05, 3.63) is 69.6 Å². The number of Topliss-reactive ketones (excluding diaryl/α,β-unsaturated/α-hetero) is 1. The number of fused-ring (bicyclic) bond motifs is 1. The van der Waals surface area contributed by atoms with Gasteiger partial charge in [0.25, 0.3) is 0 Å². The van der Waals surface area contributed by atoms with Gasteiger partial charge in [-0.05, 0) is 35.7 Å². The fourth-order valence-electron chi connectivity index (χ4n) is 3.10. The Balaban J connectivity index is 1.57. The molecule has 3 aromatic rings. The first-order valence-electron chi connectivity index (χ1n) is 9.18. The minimum atomic E-state index is -0.627. The van der Waals surface area contributed by atoms with Crippen LogP contribution in [0.5, 0.6) is 28.7 Å². The summed E-state index contributed by atoms with van der Waals surface area (Å²) in [4.78, 5) is 26.1. The number of hydrogen-bond donors (Lipinski definition) is 0. The van der Waals surface area contributed by atoms with E-state index < -0.39 is 5.97 Å². The zero-order valence-corrected chi connectivity index (χ0v) is 17.8. The third kappa shape index (κ3) is 3.97. The molecule has 2 heterocycles. The highest BCUT2D eigenvalue weighted by Gasteiger charge is 2.28. The van der Waals surface area contributed by atoms with Crippen LogP contribution in [0.2, 0.25) is 0 Å². The topological polar surface area (TPSA) is 80.3 Å². The quantitative estimate of drug-likeness (QED) is 0.316. The van der Waals surface area contributed by atoms with E-state index in [1.165, 1.54) is 50.9 Å². The maximum Gasteiger partial charge on any atom is 0.343 e. The van der Waals surface area contributed by atoms with E-state index in [1.54, 1.807) is 18.2 Å². The molecule has 1 aliphatic heterocycles. The monoisotopic (exact) mass is 438 g/mol. The van der Waals surface area contributed by atoms with Crippen molar-refractivity contribution in [3.8, 4) is 28.7 Å². The number of esters is 1. The summed E-state index contributed by atoms with van der Waals surface area (Å²) in [6.45, 7) is 0. The number of carbonyl (C=O) groups excluding carboxylic acids is 2. The number of benzene rings is 2. The molecule has 1 aromatic heterocycles. The van der Waals surface area contributed by atoms with Gasteiger partial charge in [-0.15, -0.1) is 11.3 Å². The molecule has 7 nitrogen and oxygen atoms in total. The van der Waals surface area contributed by atoms with Crippen molar-refractivity contribution in [2.45, 2.75) is 0 Å². The highest BCUT2D eigenvalue weighted by molar-refractivity contribution is 7.10. The van der Waals surface area contributed by atoms with Gasteiger partial charge in [0.1, 0.15) is 11.5 Å². The molecule has 0 N–H and O–H groups in total. The lowest BCUT2D eigenvalue weighted by Crippen LogP contribution is -2.09. The van der Waals surface area contributed by atoms with Gasteiger partial charge >= 0.3 is 5.97 Å². The zero-order valence-electron chi connectivity index (χ0n) is 17.0. The molecule has 4 rings (SSSR count). The molecule has 0 amide bonds. The van der Waals surface area contributed by atoms with Crippen LogP contribution >= 0.6 is 11.3 Å². The number of methoxy groups -OCH3 is 3. The summed E-state index contributed by atoms with van der Waals surface area (Å²) in [6.07, 6.45) is 1.69. The molecule has 0 fully saturated rings. The second kappa shape index (κ2) is 8.53. The molecule has 0 spiro atoms. The van der Waals surface area contributed by atoms with Crippen LogP contribution in [0.1, 0.15) is 25.6 Å². The van der Waals surface area contributed by atoms with Gasteiger partial charge in [0.05, 0.1) is 32.5 Å².